The van der Waals surface area contributed by atoms with E-state index in [-0.39, 0.29) is 18.1 Å². The quantitative estimate of drug-likeness (QED) is 0.592. The highest BCUT2D eigenvalue weighted by Crippen LogP contribution is 2.40. The molecule has 13 heavy (non-hydrogen) atoms. The summed E-state index contributed by atoms with van der Waals surface area (Å²) in [6.07, 6.45) is 1.16. The number of rotatable bonds is 2. The molecule has 4 nitrogen and oxygen atoms in total. The number of nitrogens with two attached hydrogens (primary N) is 1. The first kappa shape index (κ1) is 8.97. The molecule has 3 aliphatic rings. The molecule has 4 heteroatoms. The van der Waals surface area contributed by atoms with Crippen molar-refractivity contribution in [2.24, 2.45) is 11.7 Å². The molecule has 2 saturated heterocycles. The van der Waals surface area contributed by atoms with Crippen molar-refractivity contribution >= 4 is 5.97 Å². The van der Waals surface area contributed by atoms with Gasteiger partial charge in [-0.25, -0.2) is 0 Å². The van der Waals surface area contributed by atoms with Crippen molar-refractivity contribution < 1.29 is 9.53 Å². The topological polar surface area (TPSA) is 55.6 Å². The van der Waals surface area contributed by atoms with E-state index in [0.717, 1.165) is 13.0 Å². The van der Waals surface area contributed by atoms with Gasteiger partial charge in [-0.1, -0.05) is 0 Å². The number of nitrogens with zero attached hydrogens (tertiary/aromatic N) is 1. The second-order valence-corrected chi connectivity index (χ2v) is 4.04. The fourth-order valence-electron chi connectivity index (χ4n) is 2.45. The number of esters is 1. The standard InChI is InChI=1S/C9H16N2O2/c1-5(9(12)13-2)11-4-6-3-7(11)8(6)10/h5-8H,3-4,10H2,1-2H3. The van der Waals surface area contributed by atoms with Crippen LogP contribution in [-0.2, 0) is 9.53 Å². The smallest absolute Gasteiger partial charge is 0.322 e. The van der Waals surface area contributed by atoms with Crippen molar-refractivity contribution in [3.05, 3.63) is 0 Å². The van der Waals surface area contributed by atoms with Crippen molar-refractivity contribution in [2.45, 2.75) is 31.5 Å². The van der Waals surface area contributed by atoms with Gasteiger partial charge < -0.3 is 10.5 Å². The lowest BCUT2D eigenvalue weighted by Crippen LogP contribution is -2.52. The van der Waals surface area contributed by atoms with Crippen LogP contribution in [0.25, 0.3) is 0 Å². The van der Waals surface area contributed by atoms with Gasteiger partial charge in [0.15, 0.2) is 0 Å². The van der Waals surface area contributed by atoms with Crippen LogP contribution in [0, 0.1) is 5.92 Å². The SMILES string of the molecule is COC(=O)C(C)N1CC2CC1C2N. The summed E-state index contributed by atoms with van der Waals surface area (Å²) >= 11 is 0. The maximum absolute atomic E-state index is 11.3. The van der Waals surface area contributed by atoms with Crippen molar-refractivity contribution in [3.8, 4) is 0 Å². The van der Waals surface area contributed by atoms with Crippen LogP contribution in [0.2, 0.25) is 0 Å². The van der Waals surface area contributed by atoms with E-state index in [1.165, 1.54) is 7.11 Å². The molecule has 0 spiro atoms. The second-order valence-electron chi connectivity index (χ2n) is 4.04. The Morgan fingerprint density at radius 3 is 2.77 bits per heavy atom. The molecule has 2 aliphatic heterocycles. The first-order chi connectivity index (χ1) is 6.15. The Labute approximate surface area is 78.0 Å². The highest BCUT2D eigenvalue weighted by molar-refractivity contribution is 5.75. The van der Waals surface area contributed by atoms with Crippen molar-refractivity contribution in [1.29, 1.82) is 0 Å². The Balaban J connectivity index is 1.99. The van der Waals surface area contributed by atoms with E-state index >= 15 is 0 Å². The van der Waals surface area contributed by atoms with E-state index < -0.39 is 0 Å². The average Bonchev–Trinajstić information content (AvgIpc) is 2.71. The number of hydrogen-bond donors (Lipinski definition) is 1. The van der Waals surface area contributed by atoms with Crippen LogP contribution < -0.4 is 5.73 Å². The molecular formula is C9H16N2O2. The van der Waals surface area contributed by atoms with Crippen molar-refractivity contribution in [1.82, 2.24) is 4.90 Å². The fourth-order valence-corrected chi connectivity index (χ4v) is 2.45. The van der Waals surface area contributed by atoms with E-state index in [9.17, 15) is 4.79 Å². The third-order valence-electron chi connectivity index (χ3n) is 3.44. The maximum Gasteiger partial charge on any atom is 0.322 e. The van der Waals surface area contributed by atoms with Crippen LogP contribution in [0.15, 0.2) is 0 Å². The molecule has 4 atom stereocenters. The highest BCUT2D eigenvalue weighted by atomic mass is 16.5. The lowest BCUT2D eigenvalue weighted by atomic mass is 9.81. The van der Waals surface area contributed by atoms with Crippen LogP contribution in [0.5, 0.6) is 0 Å². The molecule has 2 N–H and O–H groups in total. The normalized spacial score (nSPS) is 39.8. The summed E-state index contributed by atoms with van der Waals surface area (Å²) in [4.78, 5) is 13.4. The monoisotopic (exact) mass is 184 g/mol. The second kappa shape index (κ2) is 2.96. The van der Waals surface area contributed by atoms with Gasteiger partial charge in [-0.15, -0.1) is 0 Å². The number of fused-ring (bicyclic) bond motifs is 1. The third-order valence-corrected chi connectivity index (χ3v) is 3.44. The van der Waals surface area contributed by atoms with E-state index in [1.807, 2.05) is 6.92 Å². The lowest BCUT2D eigenvalue weighted by Gasteiger charge is -2.35. The summed E-state index contributed by atoms with van der Waals surface area (Å²) in [5, 5.41) is 0. The summed E-state index contributed by atoms with van der Waals surface area (Å²) in [5.41, 5.74) is 5.90. The van der Waals surface area contributed by atoms with Gasteiger partial charge in [0.05, 0.1) is 7.11 Å². The summed E-state index contributed by atoms with van der Waals surface area (Å²) in [6.45, 7) is 2.85. The van der Waals surface area contributed by atoms with Crippen LogP contribution in [0.1, 0.15) is 13.3 Å². The summed E-state index contributed by atoms with van der Waals surface area (Å²) in [6, 6.07) is 0.569. The first-order valence-corrected chi connectivity index (χ1v) is 4.74. The van der Waals surface area contributed by atoms with Gasteiger partial charge in [-0.3, -0.25) is 9.69 Å². The Bertz CT molecular complexity index is 232. The van der Waals surface area contributed by atoms with Gasteiger partial charge in [0.25, 0.3) is 0 Å². The van der Waals surface area contributed by atoms with Crippen LogP contribution in [0.4, 0.5) is 0 Å². The number of carbonyl (C=O) groups excluding carboxylic acids is 1. The molecule has 1 aliphatic carbocycles. The molecule has 3 fully saturated rings. The molecule has 0 radical (unpaired) electrons. The van der Waals surface area contributed by atoms with Gasteiger partial charge in [-0.2, -0.15) is 0 Å². The summed E-state index contributed by atoms with van der Waals surface area (Å²) in [7, 11) is 1.43. The molecule has 2 bridgehead atoms. The molecular weight excluding hydrogens is 168 g/mol. The average molecular weight is 184 g/mol. The Hall–Kier alpha value is -0.610. The lowest BCUT2D eigenvalue weighted by molar-refractivity contribution is -0.146. The molecule has 1 saturated carbocycles. The van der Waals surface area contributed by atoms with Crippen LogP contribution >= 0.6 is 0 Å². The maximum atomic E-state index is 11.3. The fraction of sp³-hybridized carbons (Fsp3) is 0.889. The largest absolute Gasteiger partial charge is 0.468 e. The zero-order valence-electron chi connectivity index (χ0n) is 8.06. The predicted molar refractivity (Wildman–Crippen MR) is 48.1 cm³/mol. The van der Waals surface area contributed by atoms with Gasteiger partial charge in [0.1, 0.15) is 6.04 Å². The first-order valence-electron chi connectivity index (χ1n) is 4.74. The Kier molecular flexibility index (Phi) is 2.04. The number of carbonyl (C=O) groups is 1. The zero-order valence-corrected chi connectivity index (χ0v) is 8.06. The van der Waals surface area contributed by atoms with E-state index in [0.29, 0.717) is 12.0 Å². The third kappa shape index (κ3) is 1.16. The summed E-state index contributed by atoms with van der Waals surface area (Å²) < 4.78 is 4.71. The van der Waals surface area contributed by atoms with Gasteiger partial charge >= 0.3 is 5.97 Å². The van der Waals surface area contributed by atoms with Crippen LogP contribution in [-0.4, -0.2) is 42.6 Å². The van der Waals surface area contributed by atoms with E-state index in [1.54, 1.807) is 0 Å². The minimum atomic E-state index is -0.153. The number of ether oxygens (including phenoxy) is 1. The van der Waals surface area contributed by atoms with Gasteiger partial charge in [0.2, 0.25) is 0 Å². The molecule has 0 aromatic carbocycles. The van der Waals surface area contributed by atoms with Crippen molar-refractivity contribution in [3.63, 3.8) is 0 Å². The minimum absolute atomic E-state index is 0.131. The van der Waals surface area contributed by atoms with Gasteiger partial charge in [0, 0.05) is 18.6 Å². The van der Waals surface area contributed by atoms with Crippen molar-refractivity contribution in [2.75, 3.05) is 13.7 Å². The van der Waals surface area contributed by atoms with E-state index in [4.69, 9.17) is 10.5 Å². The molecule has 2 heterocycles. The Morgan fingerprint density at radius 2 is 2.38 bits per heavy atom. The summed E-state index contributed by atoms with van der Waals surface area (Å²) in [5.74, 6) is 0.455. The molecule has 0 aromatic heterocycles. The predicted octanol–water partition coefficient (Wildman–Crippen LogP) is -0.421. The van der Waals surface area contributed by atoms with Crippen LogP contribution in [0.3, 0.4) is 0 Å². The number of hydrogen-bond acceptors (Lipinski definition) is 4. The number of methoxy groups -OCH3 is 1. The molecule has 4 unspecified atom stereocenters. The van der Waals surface area contributed by atoms with E-state index in [2.05, 4.69) is 4.90 Å². The molecule has 0 aromatic rings. The molecule has 3 rings (SSSR count). The molecule has 74 valence electrons. The van der Waals surface area contributed by atoms with Gasteiger partial charge in [-0.05, 0) is 19.3 Å². The highest BCUT2D eigenvalue weighted by Gasteiger charge is 2.52. The zero-order chi connectivity index (χ0) is 9.59. The Morgan fingerprint density at radius 1 is 1.69 bits per heavy atom. The minimum Gasteiger partial charge on any atom is -0.468 e. The molecule has 0 amide bonds.